The Morgan fingerprint density at radius 3 is 2.42 bits per heavy atom. The highest BCUT2D eigenvalue weighted by Crippen LogP contribution is 2.54. The van der Waals surface area contributed by atoms with Gasteiger partial charge in [-0.25, -0.2) is 0 Å². The summed E-state index contributed by atoms with van der Waals surface area (Å²) in [5.41, 5.74) is 2.29. The van der Waals surface area contributed by atoms with Crippen LogP contribution in [0.3, 0.4) is 0 Å². The summed E-state index contributed by atoms with van der Waals surface area (Å²) in [6.07, 6.45) is 4.74. The molecule has 1 aromatic rings. The maximum Gasteiger partial charge on any atom is 0.227 e. The first-order valence-electron chi connectivity index (χ1n) is 7.58. The van der Waals surface area contributed by atoms with Gasteiger partial charge in [-0.05, 0) is 61.1 Å². The number of anilines is 1. The van der Waals surface area contributed by atoms with E-state index in [0.717, 1.165) is 36.8 Å². The Morgan fingerprint density at radius 2 is 1.84 bits per heavy atom. The van der Waals surface area contributed by atoms with E-state index in [1.165, 1.54) is 12.0 Å². The van der Waals surface area contributed by atoms with Gasteiger partial charge in [0.25, 0.3) is 0 Å². The van der Waals surface area contributed by atoms with Gasteiger partial charge in [0.15, 0.2) is 0 Å². The van der Waals surface area contributed by atoms with Crippen LogP contribution < -0.4 is 5.32 Å². The standard InChI is InChI=1S/C17H23NO/c1-3-11(2)12-4-6-16(7-5-12)18-17(19)15-9-13-8-14(13)10-15/h4-7,11,13-15H,3,8-10H2,1-2H3,(H,18,19). The van der Waals surface area contributed by atoms with Gasteiger partial charge in [0.05, 0.1) is 0 Å². The zero-order valence-corrected chi connectivity index (χ0v) is 11.9. The van der Waals surface area contributed by atoms with Crippen LogP contribution in [0.5, 0.6) is 0 Å². The second-order valence-electron chi connectivity index (χ2n) is 6.34. The summed E-state index contributed by atoms with van der Waals surface area (Å²) in [4.78, 5) is 12.1. The first-order chi connectivity index (χ1) is 9.17. The molecule has 1 amide bonds. The summed E-state index contributed by atoms with van der Waals surface area (Å²) in [7, 11) is 0. The molecule has 1 N–H and O–H groups in total. The van der Waals surface area contributed by atoms with Gasteiger partial charge in [-0.15, -0.1) is 0 Å². The minimum Gasteiger partial charge on any atom is -0.326 e. The lowest BCUT2D eigenvalue weighted by atomic mass is 9.98. The van der Waals surface area contributed by atoms with Crippen molar-refractivity contribution in [3.8, 4) is 0 Å². The van der Waals surface area contributed by atoms with E-state index >= 15 is 0 Å². The molecule has 1 aromatic carbocycles. The highest BCUT2D eigenvalue weighted by Gasteiger charge is 2.47. The highest BCUT2D eigenvalue weighted by atomic mass is 16.1. The molecule has 2 saturated carbocycles. The normalized spacial score (nSPS) is 29.7. The van der Waals surface area contributed by atoms with Crippen molar-refractivity contribution in [2.75, 3.05) is 5.32 Å². The molecule has 3 unspecified atom stereocenters. The Bertz CT molecular complexity index is 455. The number of fused-ring (bicyclic) bond motifs is 1. The average Bonchev–Trinajstić information content (AvgIpc) is 3.05. The SMILES string of the molecule is CCC(C)c1ccc(NC(=O)C2CC3CC3C2)cc1. The Kier molecular flexibility index (Phi) is 3.34. The lowest BCUT2D eigenvalue weighted by Crippen LogP contribution is -2.21. The minimum atomic E-state index is 0.225. The summed E-state index contributed by atoms with van der Waals surface area (Å²) >= 11 is 0. The molecule has 102 valence electrons. The molecule has 0 saturated heterocycles. The third-order valence-corrected chi connectivity index (χ3v) is 4.97. The monoisotopic (exact) mass is 257 g/mol. The van der Waals surface area contributed by atoms with Gasteiger partial charge >= 0.3 is 0 Å². The number of hydrogen-bond donors (Lipinski definition) is 1. The van der Waals surface area contributed by atoms with Crippen LogP contribution in [-0.4, -0.2) is 5.91 Å². The van der Waals surface area contributed by atoms with Gasteiger partial charge in [0, 0.05) is 11.6 Å². The number of carbonyl (C=O) groups excluding carboxylic acids is 1. The van der Waals surface area contributed by atoms with Gasteiger partial charge < -0.3 is 5.32 Å². The maximum absolute atomic E-state index is 12.1. The fourth-order valence-electron chi connectivity index (χ4n) is 3.30. The lowest BCUT2D eigenvalue weighted by Gasteiger charge is -2.14. The van der Waals surface area contributed by atoms with E-state index in [1.807, 2.05) is 12.1 Å². The summed E-state index contributed by atoms with van der Waals surface area (Å²) in [5, 5.41) is 3.07. The molecule has 0 bridgehead atoms. The number of benzene rings is 1. The van der Waals surface area contributed by atoms with E-state index in [0.29, 0.717) is 5.92 Å². The molecule has 0 aromatic heterocycles. The van der Waals surface area contributed by atoms with E-state index < -0.39 is 0 Å². The first kappa shape index (κ1) is 12.7. The van der Waals surface area contributed by atoms with E-state index in [-0.39, 0.29) is 11.8 Å². The molecule has 2 nitrogen and oxygen atoms in total. The highest BCUT2D eigenvalue weighted by molar-refractivity contribution is 5.92. The summed E-state index contributed by atoms with van der Waals surface area (Å²) in [6, 6.07) is 8.34. The van der Waals surface area contributed by atoms with Crippen molar-refractivity contribution in [1.29, 1.82) is 0 Å². The van der Waals surface area contributed by atoms with Gasteiger partial charge in [-0.3, -0.25) is 4.79 Å². The van der Waals surface area contributed by atoms with Gasteiger partial charge in [-0.2, -0.15) is 0 Å². The number of nitrogens with one attached hydrogen (secondary N) is 1. The van der Waals surface area contributed by atoms with E-state index in [4.69, 9.17) is 0 Å². The lowest BCUT2D eigenvalue weighted by molar-refractivity contribution is -0.120. The summed E-state index contributed by atoms with van der Waals surface area (Å²) in [6.45, 7) is 4.43. The minimum absolute atomic E-state index is 0.225. The van der Waals surface area contributed by atoms with Crippen molar-refractivity contribution in [3.63, 3.8) is 0 Å². The first-order valence-corrected chi connectivity index (χ1v) is 7.58. The van der Waals surface area contributed by atoms with Crippen molar-refractivity contribution in [3.05, 3.63) is 29.8 Å². The van der Waals surface area contributed by atoms with Crippen molar-refractivity contribution in [2.24, 2.45) is 17.8 Å². The number of hydrogen-bond acceptors (Lipinski definition) is 1. The average molecular weight is 257 g/mol. The Morgan fingerprint density at radius 1 is 1.21 bits per heavy atom. The van der Waals surface area contributed by atoms with E-state index in [9.17, 15) is 4.79 Å². The van der Waals surface area contributed by atoms with Crippen LogP contribution in [0, 0.1) is 17.8 Å². The second kappa shape index (κ2) is 4.99. The third-order valence-electron chi connectivity index (χ3n) is 4.97. The quantitative estimate of drug-likeness (QED) is 0.861. The van der Waals surface area contributed by atoms with Gasteiger partial charge in [0.2, 0.25) is 5.91 Å². The predicted molar refractivity (Wildman–Crippen MR) is 78.1 cm³/mol. The molecule has 0 spiro atoms. The van der Waals surface area contributed by atoms with Crippen LogP contribution in [-0.2, 0) is 4.79 Å². The van der Waals surface area contributed by atoms with Crippen LogP contribution in [0.25, 0.3) is 0 Å². The summed E-state index contributed by atoms with van der Waals surface area (Å²) < 4.78 is 0. The molecule has 0 radical (unpaired) electrons. The number of carbonyl (C=O) groups is 1. The molecule has 0 aliphatic heterocycles. The van der Waals surface area contributed by atoms with Crippen molar-refractivity contribution >= 4 is 11.6 Å². The van der Waals surface area contributed by atoms with Crippen LogP contribution in [0.15, 0.2) is 24.3 Å². The van der Waals surface area contributed by atoms with Gasteiger partial charge in [-0.1, -0.05) is 26.0 Å². The molecular weight excluding hydrogens is 234 g/mol. The van der Waals surface area contributed by atoms with Crippen molar-refractivity contribution in [2.45, 2.75) is 45.4 Å². The molecule has 0 heterocycles. The molecular formula is C17H23NO. The number of rotatable bonds is 4. The third kappa shape index (κ3) is 2.68. The van der Waals surface area contributed by atoms with Crippen LogP contribution in [0.2, 0.25) is 0 Å². The fraction of sp³-hybridized carbons (Fsp3) is 0.588. The van der Waals surface area contributed by atoms with Crippen LogP contribution >= 0.6 is 0 Å². The van der Waals surface area contributed by atoms with Crippen LogP contribution in [0.4, 0.5) is 5.69 Å². The zero-order chi connectivity index (χ0) is 13.4. The Hall–Kier alpha value is -1.31. The Balaban J connectivity index is 1.58. The topological polar surface area (TPSA) is 29.1 Å². The zero-order valence-electron chi connectivity index (χ0n) is 11.9. The molecule has 3 atom stereocenters. The smallest absolute Gasteiger partial charge is 0.227 e. The van der Waals surface area contributed by atoms with Gasteiger partial charge in [0.1, 0.15) is 0 Å². The number of amides is 1. The fourth-order valence-corrected chi connectivity index (χ4v) is 3.30. The Labute approximate surface area is 115 Å². The molecule has 2 fully saturated rings. The van der Waals surface area contributed by atoms with Crippen molar-refractivity contribution < 1.29 is 4.79 Å². The van der Waals surface area contributed by atoms with E-state index in [1.54, 1.807) is 0 Å². The van der Waals surface area contributed by atoms with Crippen molar-refractivity contribution in [1.82, 2.24) is 0 Å². The predicted octanol–water partition coefficient (Wildman–Crippen LogP) is 4.18. The maximum atomic E-state index is 12.1. The van der Waals surface area contributed by atoms with Crippen LogP contribution in [0.1, 0.15) is 51.0 Å². The second-order valence-corrected chi connectivity index (χ2v) is 6.34. The molecule has 2 aliphatic rings. The molecule has 19 heavy (non-hydrogen) atoms. The molecule has 3 rings (SSSR count). The summed E-state index contributed by atoms with van der Waals surface area (Å²) in [5.74, 6) is 2.81. The molecule has 2 aliphatic carbocycles. The molecule has 2 heteroatoms. The van der Waals surface area contributed by atoms with E-state index in [2.05, 4.69) is 31.3 Å². The largest absolute Gasteiger partial charge is 0.326 e.